The Bertz CT molecular complexity index is 606. The molecule has 5 heteroatoms. The van der Waals surface area contributed by atoms with Gasteiger partial charge in [0.25, 0.3) is 0 Å². The maximum absolute atomic E-state index is 14.0. The van der Waals surface area contributed by atoms with Gasteiger partial charge in [-0.3, -0.25) is 0 Å². The van der Waals surface area contributed by atoms with Gasteiger partial charge >= 0.3 is 0 Å². The van der Waals surface area contributed by atoms with Gasteiger partial charge in [0.05, 0.1) is 17.3 Å². The van der Waals surface area contributed by atoms with Gasteiger partial charge in [-0.15, -0.1) is 0 Å². The highest BCUT2D eigenvalue weighted by atomic mass is 35.5. The van der Waals surface area contributed by atoms with E-state index in [2.05, 4.69) is 4.98 Å². The van der Waals surface area contributed by atoms with Crippen molar-refractivity contribution in [2.75, 3.05) is 18.1 Å². The van der Waals surface area contributed by atoms with Crippen molar-refractivity contribution >= 4 is 23.1 Å². The monoisotopic (exact) mass is 278 g/mol. The van der Waals surface area contributed by atoms with Crippen molar-refractivity contribution in [3.8, 4) is 5.75 Å². The minimum Gasteiger partial charge on any atom is -0.491 e. The molecule has 0 saturated carbocycles. The molecule has 0 aliphatic carbocycles. The second-order valence-electron chi connectivity index (χ2n) is 4.28. The number of nitrogens with zero attached hydrogens (tertiary/aromatic N) is 2. The van der Waals surface area contributed by atoms with Crippen LogP contribution in [0.3, 0.4) is 0 Å². The molecule has 1 aliphatic rings. The molecule has 3 rings (SSSR count). The Morgan fingerprint density at radius 1 is 1.32 bits per heavy atom. The topological polar surface area (TPSA) is 25.4 Å². The van der Waals surface area contributed by atoms with E-state index in [1.807, 2.05) is 29.2 Å². The van der Waals surface area contributed by atoms with Gasteiger partial charge in [-0.25, -0.2) is 9.37 Å². The first-order chi connectivity index (χ1) is 9.25. The second kappa shape index (κ2) is 5.05. The molecule has 3 nitrogen and oxygen atoms in total. The third-order valence-electron chi connectivity index (χ3n) is 2.98. The van der Waals surface area contributed by atoms with E-state index in [-0.39, 0.29) is 5.82 Å². The Morgan fingerprint density at radius 3 is 3.00 bits per heavy atom. The van der Waals surface area contributed by atoms with Crippen molar-refractivity contribution in [1.29, 1.82) is 0 Å². The molecule has 0 atom stereocenters. The molecule has 0 radical (unpaired) electrons. The van der Waals surface area contributed by atoms with E-state index in [1.165, 1.54) is 12.3 Å². The highest BCUT2D eigenvalue weighted by Gasteiger charge is 2.21. The molecule has 0 fully saturated rings. The van der Waals surface area contributed by atoms with Crippen molar-refractivity contribution in [1.82, 2.24) is 4.98 Å². The molecule has 2 aromatic rings. The number of rotatable bonds is 1. The normalized spacial score (nSPS) is 14.5. The van der Waals surface area contributed by atoms with Crippen molar-refractivity contribution < 1.29 is 9.13 Å². The summed E-state index contributed by atoms with van der Waals surface area (Å²) >= 11 is 5.74. The van der Waals surface area contributed by atoms with Gasteiger partial charge in [-0.05, 0) is 24.6 Å². The Kier molecular flexibility index (Phi) is 3.25. The average Bonchev–Trinajstić information content (AvgIpc) is 2.61. The maximum atomic E-state index is 14.0. The van der Waals surface area contributed by atoms with Crippen LogP contribution in [-0.4, -0.2) is 18.1 Å². The Hall–Kier alpha value is -1.81. The molecular weight excluding hydrogens is 267 g/mol. The molecule has 0 unspecified atom stereocenters. The summed E-state index contributed by atoms with van der Waals surface area (Å²) in [6, 6.07) is 8.85. The number of anilines is 2. The summed E-state index contributed by atoms with van der Waals surface area (Å²) in [5.74, 6) is 0.600. The lowest BCUT2D eigenvalue weighted by atomic mass is 10.2. The SMILES string of the molecule is Fc1cc(Cl)cnc1N1CCCOc2ccccc21. The Morgan fingerprint density at radius 2 is 2.16 bits per heavy atom. The van der Waals surface area contributed by atoms with Crippen molar-refractivity contribution in [3.63, 3.8) is 0 Å². The minimum absolute atomic E-state index is 0.280. The third kappa shape index (κ3) is 2.36. The van der Waals surface area contributed by atoms with Gasteiger partial charge in [-0.1, -0.05) is 23.7 Å². The van der Waals surface area contributed by atoms with Crippen LogP contribution in [0.5, 0.6) is 5.75 Å². The van der Waals surface area contributed by atoms with Crippen molar-refractivity contribution in [3.05, 3.63) is 47.4 Å². The molecule has 2 heterocycles. The first kappa shape index (κ1) is 12.2. The van der Waals surface area contributed by atoms with Crippen LogP contribution < -0.4 is 9.64 Å². The number of ether oxygens (including phenoxy) is 1. The number of hydrogen-bond acceptors (Lipinski definition) is 3. The van der Waals surface area contributed by atoms with E-state index in [1.54, 1.807) is 0 Å². The Labute approximate surface area is 115 Å². The highest BCUT2D eigenvalue weighted by molar-refractivity contribution is 6.30. The van der Waals surface area contributed by atoms with E-state index < -0.39 is 5.82 Å². The lowest BCUT2D eigenvalue weighted by Crippen LogP contribution is -2.20. The van der Waals surface area contributed by atoms with Crippen molar-refractivity contribution in [2.45, 2.75) is 6.42 Å². The molecule has 0 bridgehead atoms. The summed E-state index contributed by atoms with van der Waals surface area (Å²) in [6.45, 7) is 1.27. The minimum atomic E-state index is -0.427. The fourth-order valence-electron chi connectivity index (χ4n) is 2.15. The Balaban J connectivity index is 2.09. The second-order valence-corrected chi connectivity index (χ2v) is 4.72. The highest BCUT2D eigenvalue weighted by Crippen LogP contribution is 2.36. The van der Waals surface area contributed by atoms with Crippen molar-refractivity contribution in [2.24, 2.45) is 0 Å². The summed E-state index contributed by atoms with van der Waals surface area (Å²) in [7, 11) is 0. The first-order valence-electron chi connectivity index (χ1n) is 6.06. The van der Waals surface area contributed by atoms with Crippen LogP contribution in [0, 0.1) is 5.82 Å². The van der Waals surface area contributed by atoms with Gasteiger partial charge < -0.3 is 9.64 Å². The van der Waals surface area contributed by atoms with E-state index in [0.29, 0.717) is 18.2 Å². The number of aromatic nitrogens is 1. The maximum Gasteiger partial charge on any atom is 0.169 e. The van der Waals surface area contributed by atoms with Crippen LogP contribution in [-0.2, 0) is 0 Å². The van der Waals surface area contributed by atoms with Crippen LogP contribution in [0.4, 0.5) is 15.9 Å². The number of pyridine rings is 1. The van der Waals surface area contributed by atoms with Gasteiger partial charge in [0.1, 0.15) is 5.75 Å². The first-order valence-corrected chi connectivity index (χ1v) is 6.44. The van der Waals surface area contributed by atoms with Gasteiger partial charge in [-0.2, -0.15) is 0 Å². The average molecular weight is 279 g/mol. The number of benzene rings is 1. The zero-order valence-electron chi connectivity index (χ0n) is 10.1. The lowest BCUT2D eigenvalue weighted by Gasteiger charge is -2.23. The van der Waals surface area contributed by atoms with E-state index in [0.717, 1.165) is 17.9 Å². The third-order valence-corrected chi connectivity index (χ3v) is 3.19. The number of hydrogen-bond donors (Lipinski definition) is 0. The standard InChI is InChI=1S/C14H12ClFN2O/c15-10-8-11(16)14(17-9-10)18-6-3-7-19-13-5-2-1-4-12(13)18/h1-2,4-5,8-9H,3,6-7H2. The van der Waals surface area contributed by atoms with E-state index in [4.69, 9.17) is 16.3 Å². The summed E-state index contributed by atoms with van der Waals surface area (Å²) in [4.78, 5) is 5.93. The summed E-state index contributed by atoms with van der Waals surface area (Å²) < 4.78 is 19.7. The zero-order chi connectivity index (χ0) is 13.2. The molecule has 0 amide bonds. The van der Waals surface area contributed by atoms with Gasteiger partial charge in [0.2, 0.25) is 0 Å². The molecule has 0 saturated heterocycles. The molecular formula is C14H12ClFN2O. The summed E-state index contributed by atoms with van der Waals surface area (Å²) in [5.41, 5.74) is 0.828. The van der Waals surface area contributed by atoms with Crippen LogP contribution in [0.25, 0.3) is 0 Å². The predicted octanol–water partition coefficient (Wildman–Crippen LogP) is 3.79. The molecule has 19 heavy (non-hydrogen) atoms. The molecule has 1 aliphatic heterocycles. The predicted molar refractivity (Wildman–Crippen MR) is 72.8 cm³/mol. The van der Waals surface area contributed by atoms with Crippen LogP contribution >= 0.6 is 11.6 Å². The van der Waals surface area contributed by atoms with Crippen LogP contribution in [0.1, 0.15) is 6.42 Å². The smallest absolute Gasteiger partial charge is 0.169 e. The zero-order valence-corrected chi connectivity index (χ0v) is 10.9. The van der Waals surface area contributed by atoms with Crippen LogP contribution in [0.15, 0.2) is 36.5 Å². The van der Waals surface area contributed by atoms with Gasteiger partial charge in [0, 0.05) is 12.7 Å². The quantitative estimate of drug-likeness (QED) is 0.793. The fourth-order valence-corrected chi connectivity index (χ4v) is 2.30. The van der Waals surface area contributed by atoms with E-state index in [9.17, 15) is 4.39 Å². The molecule has 98 valence electrons. The molecule has 0 N–H and O–H groups in total. The lowest BCUT2D eigenvalue weighted by molar-refractivity contribution is 0.322. The number of para-hydroxylation sites is 2. The van der Waals surface area contributed by atoms with Gasteiger partial charge in [0.15, 0.2) is 11.6 Å². The number of halogens is 2. The van der Waals surface area contributed by atoms with E-state index >= 15 is 0 Å². The molecule has 1 aromatic carbocycles. The summed E-state index contributed by atoms with van der Waals surface area (Å²) in [5, 5.41) is 0.292. The molecule has 1 aromatic heterocycles. The number of fused-ring (bicyclic) bond motifs is 1. The molecule has 0 spiro atoms. The fraction of sp³-hybridized carbons (Fsp3) is 0.214. The summed E-state index contributed by atoms with van der Waals surface area (Å²) in [6.07, 6.45) is 2.26. The largest absolute Gasteiger partial charge is 0.491 e. The van der Waals surface area contributed by atoms with Crippen LogP contribution in [0.2, 0.25) is 5.02 Å².